The monoisotopic (exact) mass is 393 g/mol. The number of nitrogens with one attached hydrogen (secondary N) is 2. The van der Waals surface area contributed by atoms with Crippen LogP contribution in [0.2, 0.25) is 0 Å². The zero-order chi connectivity index (χ0) is 20.6. The molecule has 6 heteroatoms. The first-order valence-corrected chi connectivity index (χ1v) is 9.76. The van der Waals surface area contributed by atoms with Crippen LogP contribution in [0.3, 0.4) is 0 Å². The van der Waals surface area contributed by atoms with Crippen molar-refractivity contribution >= 4 is 11.8 Å². The molecule has 2 N–H and O–H groups in total. The minimum Gasteiger partial charge on any atom is -0.457 e. The van der Waals surface area contributed by atoms with Crippen molar-refractivity contribution in [2.75, 3.05) is 19.6 Å². The Hall–Kier alpha value is -3.12. The molecule has 29 heavy (non-hydrogen) atoms. The molecule has 0 aromatic heterocycles. The second kappa shape index (κ2) is 9.89. The summed E-state index contributed by atoms with van der Waals surface area (Å²) in [5.74, 6) is 1.25. The highest BCUT2D eigenvalue weighted by atomic mass is 16.5. The van der Waals surface area contributed by atoms with E-state index in [1.165, 1.54) is 0 Å². The average molecular weight is 393 g/mol. The highest BCUT2D eigenvalue weighted by molar-refractivity contribution is 5.88. The first-order valence-electron chi connectivity index (χ1n) is 9.76. The molecule has 2 aromatic rings. The second-order valence-electron chi connectivity index (χ2n) is 7.28. The zero-order valence-electron chi connectivity index (χ0n) is 16.7. The maximum Gasteiger partial charge on any atom is 0.237 e. The molecule has 1 aliphatic heterocycles. The Morgan fingerprint density at radius 1 is 1.21 bits per heavy atom. The minimum absolute atomic E-state index is 0.113. The van der Waals surface area contributed by atoms with Gasteiger partial charge in [-0.2, -0.15) is 0 Å². The summed E-state index contributed by atoms with van der Waals surface area (Å²) in [7, 11) is 0. The number of nitrogens with zero attached hydrogens (tertiary/aromatic N) is 1. The number of amides is 2. The SMILES string of the molecule is C=C(C)CNC(=O)C[C@H]1C(=O)NCCN1Cc1cccc(Oc2ccccc2)c1. The molecule has 1 aliphatic rings. The predicted molar refractivity (Wildman–Crippen MR) is 113 cm³/mol. The molecular weight excluding hydrogens is 366 g/mol. The van der Waals surface area contributed by atoms with Crippen LogP contribution in [0.1, 0.15) is 18.9 Å². The fourth-order valence-corrected chi connectivity index (χ4v) is 3.24. The third-order valence-electron chi connectivity index (χ3n) is 4.67. The summed E-state index contributed by atoms with van der Waals surface area (Å²) in [6, 6.07) is 16.9. The Morgan fingerprint density at radius 3 is 2.72 bits per heavy atom. The van der Waals surface area contributed by atoms with Crippen LogP contribution in [-0.2, 0) is 16.1 Å². The molecule has 2 amide bonds. The third kappa shape index (κ3) is 6.19. The highest BCUT2D eigenvalue weighted by Gasteiger charge is 2.31. The average Bonchev–Trinajstić information content (AvgIpc) is 2.70. The molecule has 0 aliphatic carbocycles. The van der Waals surface area contributed by atoms with Gasteiger partial charge < -0.3 is 15.4 Å². The summed E-state index contributed by atoms with van der Waals surface area (Å²) in [5, 5.41) is 5.66. The lowest BCUT2D eigenvalue weighted by atomic mass is 10.1. The van der Waals surface area contributed by atoms with Crippen LogP contribution < -0.4 is 15.4 Å². The van der Waals surface area contributed by atoms with E-state index >= 15 is 0 Å². The summed E-state index contributed by atoms with van der Waals surface area (Å²) in [4.78, 5) is 26.7. The van der Waals surface area contributed by atoms with E-state index in [-0.39, 0.29) is 18.2 Å². The van der Waals surface area contributed by atoms with Gasteiger partial charge in [0, 0.05) is 26.2 Å². The molecule has 0 unspecified atom stereocenters. The van der Waals surface area contributed by atoms with Gasteiger partial charge in [-0.3, -0.25) is 14.5 Å². The van der Waals surface area contributed by atoms with E-state index in [1.807, 2.05) is 66.4 Å². The van der Waals surface area contributed by atoms with Crippen molar-refractivity contribution in [3.63, 3.8) is 0 Å². The number of carbonyl (C=O) groups excluding carboxylic acids is 2. The maximum absolute atomic E-state index is 12.4. The minimum atomic E-state index is -0.493. The van der Waals surface area contributed by atoms with Crippen molar-refractivity contribution in [2.45, 2.75) is 25.9 Å². The van der Waals surface area contributed by atoms with Gasteiger partial charge >= 0.3 is 0 Å². The van der Waals surface area contributed by atoms with Gasteiger partial charge in [-0.15, -0.1) is 0 Å². The van der Waals surface area contributed by atoms with Gasteiger partial charge in [-0.1, -0.05) is 42.5 Å². The van der Waals surface area contributed by atoms with E-state index in [4.69, 9.17) is 4.74 Å². The van der Waals surface area contributed by atoms with Crippen molar-refractivity contribution in [1.82, 2.24) is 15.5 Å². The Labute approximate surface area is 171 Å². The summed E-state index contributed by atoms with van der Waals surface area (Å²) < 4.78 is 5.90. The lowest BCUT2D eigenvalue weighted by molar-refractivity contribution is -0.134. The highest BCUT2D eigenvalue weighted by Crippen LogP contribution is 2.23. The van der Waals surface area contributed by atoms with Crippen LogP contribution in [-0.4, -0.2) is 42.4 Å². The van der Waals surface area contributed by atoms with Crippen molar-refractivity contribution in [2.24, 2.45) is 0 Å². The van der Waals surface area contributed by atoms with Gasteiger partial charge in [0.05, 0.1) is 12.5 Å². The van der Waals surface area contributed by atoms with Crippen LogP contribution in [0.4, 0.5) is 0 Å². The summed E-state index contributed by atoms with van der Waals surface area (Å²) >= 11 is 0. The van der Waals surface area contributed by atoms with Gasteiger partial charge in [0.1, 0.15) is 11.5 Å². The Balaban J connectivity index is 1.66. The van der Waals surface area contributed by atoms with Gasteiger partial charge in [0.2, 0.25) is 11.8 Å². The Morgan fingerprint density at radius 2 is 1.97 bits per heavy atom. The van der Waals surface area contributed by atoms with Crippen LogP contribution in [0.15, 0.2) is 66.7 Å². The molecule has 2 aromatic carbocycles. The van der Waals surface area contributed by atoms with Crippen LogP contribution in [0, 0.1) is 0 Å². The molecule has 1 heterocycles. The van der Waals surface area contributed by atoms with E-state index in [1.54, 1.807) is 0 Å². The zero-order valence-corrected chi connectivity index (χ0v) is 16.7. The van der Waals surface area contributed by atoms with Crippen molar-refractivity contribution in [3.05, 3.63) is 72.3 Å². The fourth-order valence-electron chi connectivity index (χ4n) is 3.24. The molecule has 3 rings (SSSR count). The smallest absolute Gasteiger partial charge is 0.237 e. The van der Waals surface area contributed by atoms with Gasteiger partial charge in [0.15, 0.2) is 0 Å². The van der Waals surface area contributed by atoms with Gasteiger partial charge in [0.25, 0.3) is 0 Å². The molecule has 0 bridgehead atoms. The molecule has 6 nitrogen and oxygen atoms in total. The lowest BCUT2D eigenvalue weighted by Gasteiger charge is -2.34. The van der Waals surface area contributed by atoms with Crippen molar-refractivity contribution in [1.29, 1.82) is 0 Å². The normalized spacial score (nSPS) is 16.7. The standard InChI is InChI=1S/C23H27N3O3/c1-17(2)15-25-22(27)14-21-23(28)24-11-12-26(21)16-18-7-6-10-20(13-18)29-19-8-4-3-5-9-19/h3-10,13,21H,1,11-12,14-16H2,2H3,(H,24,28)(H,25,27)/t21-/m0/s1. The van der Waals surface area contributed by atoms with E-state index in [9.17, 15) is 9.59 Å². The number of carbonyl (C=O) groups is 2. The second-order valence-corrected chi connectivity index (χ2v) is 7.28. The first-order chi connectivity index (χ1) is 14.0. The number of benzene rings is 2. The van der Waals surface area contributed by atoms with E-state index < -0.39 is 6.04 Å². The molecule has 1 fully saturated rings. The van der Waals surface area contributed by atoms with E-state index in [0.29, 0.717) is 26.2 Å². The quantitative estimate of drug-likeness (QED) is 0.677. The number of para-hydroxylation sites is 1. The van der Waals surface area contributed by atoms with Crippen molar-refractivity contribution < 1.29 is 14.3 Å². The van der Waals surface area contributed by atoms with Gasteiger partial charge in [-0.25, -0.2) is 0 Å². The lowest BCUT2D eigenvalue weighted by Crippen LogP contribution is -2.56. The molecule has 0 radical (unpaired) electrons. The van der Waals surface area contributed by atoms with Crippen LogP contribution in [0.25, 0.3) is 0 Å². The number of piperazine rings is 1. The molecule has 0 spiro atoms. The maximum atomic E-state index is 12.4. The summed E-state index contributed by atoms with van der Waals surface area (Å²) in [6.45, 7) is 7.88. The molecular formula is C23H27N3O3. The van der Waals surface area contributed by atoms with Crippen LogP contribution in [0.5, 0.6) is 11.5 Å². The topological polar surface area (TPSA) is 70.7 Å². The summed E-state index contributed by atoms with van der Waals surface area (Å²) in [5.41, 5.74) is 1.90. The number of hydrogen-bond donors (Lipinski definition) is 2. The molecule has 0 saturated carbocycles. The van der Waals surface area contributed by atoms with Gasteiger partial charge in [-0.05, 0) is 36.8 Å². The third-order valence-corrected chi connectivity index (χ3v) is 4.67. The largest absolute Gasteiger partial charge is 0.457 e. The van der Waals surface area contributed by atoms with Crippen LogP contribution >= 0.6 is 0 Å². The molecule has 1 atom stereocenters. The van der Waals surface area contributed by atoms with E-state index in [0.717, 1.165) is 22.6 Å². The number of rotatable bonds is 8. The Kier molecular flexibility index (Phi) is 7.03. The van der Waals surface area contributed by atoms with Crippen molar-refractivity contribution in [3.8, 4) is 11.5 Å². The summed E-state index contributed by atoms with van der Waals surface area (Å²) in [6.07, 6.45) is 0.124. The Bertz CT molecular complexity index is 867. The molecule has 152 valence electrons. The molecule has 1 saturated heterocycles. The fraction of sp³-hybridized carbons (Fsp3) is 0.304. The number of ether oxygens (including phenoxy) is 1. The first kappa shape index (κ1) is 20.6. The predicted octanol–water partition coefficient (Wildman–Crippen LogP) is 2.86. The number of hydrogen-bond acceptors (Lipinski definition) is 4. The van der Waals surface area contributed by atoms with E-state index in [2.05, 4.69) is 17.2 Å².